The van der Waals surface area contributed by atoms with Crippen LogP contribution in [0.3, 0.4) is 0 Å². The van der Waals surface area contributed by atoms with Gasteiger partial charge in [0, 0.05) is 6.42 Å². The average molecular weight is 236 g/mol. The minimum absolute atomic E-state index is 0.127. The molecule has 1 heterocycles. The van der Waals surface area contributed by atoms with E-state index in [1.54, 1.807) is 0 Å². The lowest BCUT2D eigenvalue weighted by Crippen LogP contribution is -2.04. The number of hydrogen-bond acceptors (Lipinski definition) is 3. The van der Waals surface area contributed by atoms with Gasteiger partial charge in [0.2, 0.25) is 0 Å². The Morgan fingerprint density at radius 3 is 2.53 bits per heavy atom. The SMILES string of the molecule is CCCCCCCCC#CC1CC(=O)OC1=O. The molecule has 1 atom stereocenters. The number of hydrogen-bond donors (Lipinski definition) is 0. The summed E-state index contributed by atoms with van der Waals surface area (Å²) in [6.07, 6.45) is 8.34. The predicted octanol–water partition coefficient (Wildman–Crippen LogP) is 2.83. The highest BCUT2D eigenvalue weighted by atomic mass is 16.6. The normalized spacial score (nSPS) is 18.8. The van der Waals surface area contributed by atoms with E-state index in [2.05, 4.69) is 23.5 Å². The van der Waals surface area contributed by atoms with E-state index < -0.39 is 17.9 Å². The van der Waals surface area contributed by atoms with Crippen molar-refractivity contribution in [2.24, 2.45) is 5.92 Å². The van der Waals surface area contributed by atoms with Crippen LogP contribution in [0.5, 0.6) is 0 Å². The lowest BCUT2D eigenvalue weighted by atomic mass is 10.1. The third-order valence-electron chi connectivity index (χ3n) is 2.80. The second-order valence-corrected chi connectivity index (χ2v) is 4.39. The highest BCUT2D eigenvalue weighted by molar-refractivity contribution is 5.96. The molecule has 1 saturated heterocycles. The maximum Gasteiger partial charge on any atom is 0.329 e. The van der Waals surface area contributed by atoms with Gasteiger partial charge in [0.05, 0.1) is 6.42 Å². The van der Waals surface area contributed by atoms with Gasteiger partial charge in [-0.2, -0.15) is 0 Å². The average Bonchev–Trinajstić information content (AvgIpc) is 2.61. The Morgan fingerprint density at radius 1 is 1.18 bits per heavy atom. The molecule has 3 heteroatoms. The van der Waals surface area contributed by atoms with Crippen LogP contribution in [-0.2, 0) is 14.3 Å². The van der Waals surface area contributed by atoms with E-state index in [1.807, 2.05) is 0 Å². The van der Waals surface area contributed by atoms with Crippen molar-refractivity contribution in [2.45, 2.75) is 58.3 Å². The Labute approximate surface area is 103 Å². The molecule has 0 amide bonds. The molecule has 17 heavy (non-hydrogen) atoms. The Bertz CT molecular complexity index is 322. The van der Waals surface area contributed by atoms with Gasteiger partial charge >= 0.3 is 11.9 Å². The molecule has 0 aromatic heterocycles. The molecule has 1 aliphatic heterocycles. The fraction of sp³-hybridized carbons (Fsp3) is 0.714. The number of unbranched alkanes of at least 4 members (excludes halogenated alkanes) is 6. The van der Waals surface area contributed by atoms with E-state index >= 15 is 0 Å². The first-order valence-electron chi connectivity index (χ1n) is 6.47. The molecule has 0 aromatic carbocycles. The van der Waals surface area contributed by atoms with E-state index in [4.69, 9.17) is 0 Å². The Balaban J connectivity index is 2.06. The molecule has 3 nitrogen and oxygen atoms in total. The predicted molar refractivity (Wildman–Crippen MR) is 65.0 cm³/mol. The van der Waals surface area contributed by atoms with Crippen molar-refractivity contribution in [1.29, 1.82) is 0 Å². The van der Waals surface area contributed by atoms with Crippen LogP contribution >= 0.6 is 0 Å². The summed E-state index contributed by atoms with van der Waals surface area (Å²) in [5.74, 6) is 4.34. The van der Waals surface area contributed by atoms with E-state index in [0.29, 0.717) is 0 Å². The minimum atomic E-state index is -0.511. The zero-order valence-electron chi connectivity index (χ0n) is 10.5. The summed E-state index contributed by atoms with van der Waals surface area (Å²) in [6, 6.07) is 0. The van der Waals surface area contributed by atoms with Crippen molar-refractivity contribution in [2.75, 3.05) is 0 Å². The largest absolute Gasteiger partial charge is 0.392 e. The molecule has 1 fully saturated rings. The van der Waals surface area contributed by atoms with E-state index in [-0.39, 0.29) is 6.42 Å². The number of rotatable bonds is 6. The quantitative estimate of drug-likeness (QED) is 0.308. The van der Waals surface area contributed by atoms with Crippen LogP contribution in [0, 0.1) is 17.8 Å². The first-order chi connectivity index (χ1) is 8.24. The van der Waals surface area contributed by atoms with Crippen molar-refractivity contribution in [3.63, 3.8) is 0 Å². The zero-order chi connectivity index (χ0) is 12.5. The van der Waals surface area contributed by atoms with Crippen molar-refractivity contribution >= 4 is 11.9 Å². The van der Waals surface area contributed by atoms with Crippen LogP contribution in [0.25, 0.3) is 0 Å². The minimum Gasteiger partial charge on any atom is -0.392 e. The lowest BCUT2D eigenvalue weighted by Gasteiger charge is -1.96. The van der Waals surface area contributed by atoms with Gasteiger partial charge in [0.25, 0.3) is 0 Å². The number of carbonyl (C=O) groups is 2. The van der Waals surface area contributed by atoms with Crippen LogP contribution in [0.1, 0.15) is 58.3 Å². The van der Waals surface area contributed by atoms with Crippen LogP contribution in [0.15, 0.2) is 0 Å². The summed E-state index contributed by atoms with van der Waals surface area (Å²) in [5.41, 5.74) is 0. The molecule has 0 spiro atoms. The van der Waals surface area contributed by atoms with Crippen molar-refractivity contribution in [3.05, 3.63) is 0 Å². The van der Waals surface area contributed by atoms with E-state index in [9.17, 15) is 9.59 Å². The summed E-state index contributed by atoms with van der Waals surface area (Å²) < 4.78 is 4.42. The molecular formula is C14H20O3. The van der Waals surface area contributed by atoms with E-state index in [1.165, 1.54) is 32.1 Å². The molecule has 0 radical (unpaired) electrons. The summed E-state index contributed by atoms with van der Waals surface area (Å²) in [7, 11) is 0. The molecule has 0 saturated carbocycles. The molecule has 0 aromatic rings. The molecule has 0 bridgehead atoms. The number of carbonyl (C=O) groups excluding carboxylic acids is 2. The fourth-order valence-corrected chi connectivity index (χ4v) is 1.77. The van der Waals surface area contributed by atoms with Crippen molar-refractivity contribution < 1.29 is 14.3 Å². The summed E-state index contributed by atoms with van der Waals surface area (Å²) in [5, 5.41) is 0. The monoisotopic (exact) mass is 236 g/mol. The number of ether oxygens (including phenoxy) is 1. The Kier molecular flexibility index (Phi) is 6.39. The summed E-state index contributed by atoms with van der Waals surface area (Å²) in [4.78, 5) is 21.9. The van der Waals surface area contributed by atoms with Gasteiger partial charge in [0.15, 0.2) is 0 Å². The standard InChI is InChI=1S/C14H20O3/c1-2-3-4-5-6-7-8-9-10-12-11-13(15)17-14(12)16/h12H,2-8,11H2,1H3. The molecule has 1 unspecified atom stereocenters. The number of esters is 2. The fourth-order valence-electron chi connectivity index (χ4n) is 1.77. The molecular weight excluding hydrogens is 216 g/mol. The molecule has 1 aliphatic rings. The van der Waals surface area contributed by atoms with Gasteiger partial charge < -0.3 is 4.74 Å². The van der Waals surface area contributed by atoms with Gasteiger partial charge in [-0.1, -0.05) is 44.9 Å². The maximum absolute atomic E-state index is 11.1. The Hall–Kier alpha value is -1.30. The van der Waals surface area contributed by atoms with Gasteiger partial charge in [-0.05, 0) is 6.42 Å². The third kappa shape index (κ3) is 5.53. The van der Waals surface area contributed by atoms with Crippen LogP contribution < -0.4 is 0 Å². The number of cyclic esters (lactones) is 2. The third-order valence-corrected chi connectivity index (χ3v) is 2.80. The zero-order valence-corrected chi connectivity index (χ0v) is 10.5. The molecule has 1 rings (SSSR count). The second-order valence-electron chi connectivity index (χ2n) is 4.39. The van der Waals surface area contributed by atoms with Gasteiger partial charge in [0.1, 0.15) is 5.92 Å². The first-order valence-corrected chi connectivity index (χ1v) is 6.47. The summed E-state index contributed by atoms with van der Waals surface area (Å²) >= 11 is 0. The highest BCUT2D eigenvalue weighted by Crippen LogP contribution is 2.14. The van der Waals surface area contributed by atoms with Crippen LogP contribution in [0.2, 0.25) is 0 Å². The molecule has 0 aliphatic carbocycles. The first kappa shape index (κ1) is 13.8. The second kappa shape index (κ2) is 7.89. The van der Waals surface area contributed by atoms with Crippen LogP contribution in [0.4, 0.5) is 0 Å². The molecule has 0 N–H and O–H groups in total. The van der Waals surface area contributed by atoms with E-state index in [0.717, 1.165) is 12.8 Å². The van der Waals surface area contributed by atoms with Gasteiger partial charge in [-0.25, -0.2) is 0 Å². The highest BCUT2D eigenvalue weighted by Gasteiger charge is 2.31. The molecule has 94 valence electrons. The smallest absolute Gasteiger partial charge is 0.329 e. The van der Waals surface area contributed by atoms with Crippen LogP contribution in [-0.4, -0.2) is 11.9 Å². The van der Waals surface area contributed by atoms with Gasteiger partial charge in [-0.3, -0.25) is 9.59 Å². The maximum atomic E-state index is 11.1. The van der Waals surface area contributed by atoms with Gasteiger partial charge in [-0.15, -0.1) is 5.92 Å². The Morgan fingerprint density at radius 2 is 1.88 bits per heavy atom. The topological polar surface area (TPSA) is 43.4 Å². The summed E-state index contributed by atoms with van der Waals surface area (Å²) in [6.45, 7) is 2.20. The van der Waals surface area contributed by atoms with Crippen molar-refractivity contribution in [1.82, 2.24) is 0 Å². The van der Waals surface area contributed by atoms with Crippen molar-refractivity contribution in [3.8, 4) is 11.8 Å². The lowest BCUT2D eigenvalue weighted by molar-refractivity contribution is -0.152.